The third-order valence-corrected chi connectivity index (χ3v) is 4.01. The molecule has 2 aromatic carbocycles. The van der Waals surface area contributed by atoms with Crippen LogP contribution in [0, 0.1) is 6.92 Å². The lowest BCUT2D eigenvalue weighted by atomic mass is 10.2. The fraction of sp³-hybridized carbons (Fsp3) is 0.167. The van der Waals surface area contributed by atoms with Crippen LogP contribution in [0.5, 0.6) is 0 Å². The molecule has 2 N–H and O–H groups in total. The zero-order valence-corrected chi connectivity index (χ0v) is 13.6. The van der Waals surface area contributed by atoms with Crippen LogP contribution in [0.2, 0.25) is 0 Å². The smallest absolute Gasteiger partial charge is 0.408 e. The Bertz CT molecular complexity index is 1140. The van der Waals surface area contributed by atoms with Crippen molar-refractivity contribution in [2.45, 2.75) is 20.0 Å². The van der Waals surface area contributed by atoms with Gasteiger partial charge in [-0.15, -0.1) is 0 Å². The topological polar surface area (TPSA) is 92.9 Å². The minimum Gasteiger partial charge on any atom is -0.408 e. The molecule has 126 valence electrons. The number of hydrogen-bond donors (Lipinski definition) is 2. The number of nitrogens with zero attached hydrogens (tertiary/aromatic N) is 2. The molecule has 4 aromatic rings. The Labute approximate surface area is 142 Å². The normalized spacial score (nSPS) is 11.2. The highest BCUT2D eigenvalue weighted by Crippen LogP contribution is 2.13. The number of oxazole rings is 1. The first-order valence-electron chi connectivity index (χ1n) is 7.90. The van der Waals surface area contributed by atoms with Gasteiger partial charge < -0.3 is 14.7 Å². The second kappa shape index (κ2) is 5.94. The van der Waals surface area contributed by atoms with Crippen LogP contribution in [0.25, 0.3) is 22.1 Å². The molecule has 0 saturated carbocycles. The number of hydrogen-bond acceptors (Lipinski definition) is 4. The van der Waals surface area contributed by atoms with Crippen molar-refractivity contribution >= 4 is 28.0 Å². The number of aromatic nitrogens is 3. The second-order valence-corrected chi connectivity index (χ2v) is 5.90. The summed E-state index contributed by atoms with van der Waals surface area (Å²) in [6.07, 6.45) is 0. The van der Waals surface area contributed by atoms with Gasteiger partial charge in [0.15, 0.2) is 5.58 Å². The van der Waals surface area contributed by atoms with E-state index in [1.165, 1.54) is 4.57 Å². The van der Waals surface area contributed by atoms with Crippen molar-refractivity contribution in [3.63, 3.8) is 0 Å². The zero-order valence-electron chi connectivity index (χ0n) is 13.6. The number of imidazole rings is 1. The molecule has 0 fully saturated rings. The summed E-state index contributed by atoms with van der Waals surface area (Å²) in [5.41, 5.74) is 3.99. The summed E-state index contributed by atoms with van der Waals surface area (Å²) in [6.45, 7) is 2.17. The molecule has 0 aliphatic rings. The maximum absolute atomic E-state index is 12.2. The zero-order chi connectivity index (χ0) is 17.4. The van der Waals surface area contributed by atoms with E-state index in [4.69, 9.17) is 4.42 Å². The maximum Gasteiger partial charge on any atom is 0.420 e. The van der Waals surface area contributed by atoms with Crippen molar-refractivity contribution in [3.8, 4) is 0 Å². The standard InChI is InChI=1S/C18H16N4O3/c1-11-6-7-12-13(8-11)21-16(20-12)9-19-17(23)10-22-14-4-2-3-5-15(14)25-18(22)24/h2-8H,9-10H2,1H3,(H,19,23)(H,20,21). The summed E-state index contributed by atoms with van der Waals surface area (Å²) in [6, 6.07) is 12.9. The second-order valence-electron chi connectivity index (χ2n) is 5.90. The van der Waals surface area contributed by atoms with E-state index in [2.05, 4.69) is 15.3 Å². The summed E-state index contributed by atoms with van der Waals surface area (Å²) >= 11 is 0. The minimum atomic E-state index is -0.546. The van der Waals surface area contributed by atoms with Gasteiger partial charge in [-0.05, 0) is 36.8 Å². The van der Waals surface area contributed by atoms with E-state index in [0.717, 1.165) is 16.6 Å². The van der Waals surface area contributed by atoms with Crippen molar-refractivity contribution in [1.82, 2.24) is 19.9 Å². The maximum atomic E-state index is 12.2. The van der Waals surface area contributed by atoms with Crippen LogP contribution in [-0.2, 0) is 17.9 Å². The summed E-state index contributed by atoms with van der Waals surface area (Å²) < 4.78 is 6.43. The highest BCUT2D eigenvalue weighted by molar-refractivity contribution is 5.80. The monoisotopic (exact) mass is 336 g/mol. The SMILES string of the molecule is Cc1ccc2nc(CNC(=O)Cn3c(=O)oc4ccccc43)[nH]c2c1. The highest BCUT2D eigenvalue weighted by Gasteiger charge is 2.12. The average Bonchev–Trinajstić information content (AvgIpc) is 3.13. The highest BCUT2D eigenvalue weighted by atomic mass is 16.4. The first-order chi connectivity index (χ1) is 12.1. The molecular formula is C18H16N4O3. The molecule has 0 atom stereocenters. The first-order valence-corrected chi connectivity index (χ1v) is 7.90. The van der Waals surface area contributed by atoms with Crippen LogP contribution in [0.1, 0.15) is 11.4 Å². The van der Waals surface area contributed by atoms with E-state index in [1.807, 2.05) is 25.1 Å². The molecule has 4 rings (SSSR count). The van der Waals surface area contributed by atoms with Crippen LogP contribution >= 0.6 is 0 Å². The first kappa shape index (κ1) is 15.2. The summed E-state index contributed by atoms with van der Waals surface area (Å²) in [5, 5.41) is 2.77. The quantitative estimate of drug-likeness (QED) is 0.597. The molecule has 7 heteroatoms. The Morgan fingerprint density at radius 1 is 1.28 bits per heavy atom. The van der Waals surface area contributed by atoms with E-state index in [9.17, 15) is 9.59 Å². The van der Waals surface area contributed by atoms with Gasteiger partial charge in [-0.3, -0.25) is 9.36 Å². The van der Waals surface area contributed by atoms with Crippen molar-refractivity contribution in [3.05, 3.63) is 64.4 Å². The van der Waals surface area contributed by atoms with E-state index < -0.39 is 5.76 Å². The number of aryl methyl sites for hydroxylation is 1. The van der Waals surface area contributed by atoms with Gasteiger partial charge in [0.2, 0.25) is 5.91 Å². The van der Waals surface area contributed by atoms with Gasteiger partial charge in [-0.25, -0.2) is 9.78 Å². The lowest BCUT2D eigenvalue weighted by Crippen LogP contribution is -2.30. The van der Waals surface area contributed by atoms with E-state index in [0.29, 0.717) is 16.9 Å². The van der Waals surface area contributed by atoms with Gasteiger partial charge in [0.25, 0.3) is 0 Å². The number of amides is 1. The van der Waals surface area contributed by atoms with Gasteiger partial charge in [-0.1, -0.05) is 18.2 Å². The molecule has 0 aliphatic heterocycles. The predicted octanol–water partition coefficient (Wildman–Crippen LogP) is 2.10. The number of fused-ring (bicyclic) bond motifs is 2. The third-order valence-electron chi connectivity index (χ3n) is 4.01. The molecule has 1 amide bonds. The lowest BCUT2D eigenvalue weighted by molar-refractivity contribution is -0.121. The number of benzene rings is 2. The van der Waals surface area contributed by atoms with Gasteiger partial charge in [0.05, 0.1) is 23.1 Å². The van der Waals surface area contributed by atoms with E-state index in [1.54, 1.807) is 24.3 Å². The fourth-order valence-electron chi connectivity index (χ4n) is 2.81. The Morgan fingerprint density at radius 3 is 3.00 bits per heavy atom. The molecule has 0 spiro atoms. The van der Waals surface area contributed by atoms with Crippen molar-refractivity contribution in [1.29, 1.82) is 0 Å². The molecule has 0 unspecified atom stereocenters. The molecule has 25 heavy (non-hydrogen) atoms. The number of carbonyl (C=O) groups is 1. The van der Waals surface area contributed by atoms with Crippen LogP contribution in [0.15, 0.2) is 51.7 Å². The molecule has 0 bridgehead atoms. The predicted molar refractivity (Wildman–Crippen MR) is 93.2 cm³/mol. The van der Waals surface area contributed by atoms with Crippen molar-refractivity contribution < 1.29 is 9.21 Å². The minimum absolute atomic E-state index is 0.102. The van der Waals surface area contributed by atoms with Crippen LogP contribution in [0.3, 0.4) is 0 Å². The Morgan fingerprint density at radius 2 is 2.12 bits per heavy atom. The van der Waals surface area contributed by atoms with E-state index >= 15 is 0 Å². The van der Waals surface area contributed by atoms with Gasteiger partial charge in [-0.2, -0.15) is 0 Å². The lowest BCUT2D eigenvalue weighted by Gasteiger charge is -2.04. The molecule has 7 nitrogen and oxygen atoms in total. The molecule has 2 aromatic heterocycles. The molecule has 0 aliphatic carbocycles. The van der Waals surface area contributed by atoms with Crippen molar-refractivity contribution in [2.75, 3.05) is 0 Å². The Kier molecular flexibility index (Phi) is 3.61. The van der Waals surface area contributed by atoms with Crippen LogP contribution in [-0.4, -0.2) is 20.4 Å². The largest absolute Gasteiger partial charge is 0.420 e. The number of nitrogens with one attached hydrogen (secondary N) is 2. The molecule has 0 radical (unpaired) electrons. The van der Waals surface area contributed by atoms with Gasteiger partial charge >= 0.3 is 5.76 Å². The Hall–Kier alpha value is -3.35. The summed E-state index contributed by atoms with van der Waals surface area (Å²) in [5.74, 6) is -0.167. The number of aromatic amines is 1. The number of para-hydroxylation sites is 2. The van der Waals surface area contributed by atoms with Crippen molar-refractivity contribution in [2.24, 2.45) is 0 Å². The number of H-pyrrole nitrogens is 1. The number of rotatable bonds is 4. The Balaban J connectivity index is 1.48. The summed E-state index contributed by atoms with van der Waals surface area (Å²) in [4.78, 5) is 31.7. The average molecular weight is 336 g/mol. The van der Waals surface area contributed by atoms with Gasteiger partial charge in [0, 0.05) is 0 Å². The van der Waals surface area contributed by atoms with Crippen LogP contribution < -0.4 is 11.1 Å². The van der Waals surface area contributed by atoms with Crippen LogP contribution in [0.4, 0.5) is 0 Å². The summed E-state index contributed by atoms with van der Waals surface area (Å²) in [7, 11) is 0. The van der Waals surface area contributed by atoms with E-state index in [-0.39, 0.29) is 19.0 Å². The molecule has 2 heterocycles. The molecular weight excluding hydrogens is 320 g/mol. The third kappa shape index (κ3) is 2.91. The fourth-order valence-corrected chi connectivity index (χ4v) is 2.81. The van der Waals surface area contributed by atoms with Gasteiger partial charge in [0.1, 0.15) is 12.4 Å². The molecule has 0 saturated heterocycles. The number of carbonyl (C=O) groups excluding carboxylic acids is 1.